The average Bonchev–Trinajstić information content (AvgIpc) is 2.86. The number of aryl methyl sites for hydroxylation is 1. The normalized spacial score (nSPS) is 17.7. The first kappa shape index (κ1) is 11.8. The first-order chi connectivity index (χ1) is 8.72. The molecule has 3 heterocycles. The molecular formula is C12H16N4OS. The van der Waals surface area contributed by atoms with E-state index in [1.807, 2.05) is 12.3 Å². The third-order valence-electron chi connectivity index (χ3n) is 3.40. The second kappa shape index (κ2) is 4.78. The highest BCUT2D eigenvalue weighted by Gasteiger charge is 2.28. The molecule has 1 fully saturated rings. The molecule has 2 aromatic rings. The van der Waals surface area contributed by atoms with Gasteiger partial charge in [-0.2, -0.15) is 4.98 Å². The third-order valence-corrected chi connectivity index (χ3v) is 4.22. The Morgan fingerprint density at radius 2 is 2.33 bits per heavy atom. The van der Waals surface area contributed by atoms with Crippen LogP contribution in [0, 0.1) is 12.8 Å². The Hall–Kier alpha value is -1.27. The van der Waals surface area contributed by atoms with Crippen molar-refractivity contribution in [1.29, 1.82) is 0 Å². The number of aromatic nitrogens is 3. The third kappa shape index (κ3) is 2.30. The van der Waals surface area contributed by atoms with Gasteiger partial charge in [-0.25, -0.2) is 4.98 Å². The molecule has 1 aliphatic heterocycles. The second-order valence-corrected chi connectivity index (χ2v) is 5.85. The molecule has 0 saturated carbocycles. The van der Waals surface area contributed by atoms with Crippen LogP contribution in [-0.2, 0) is 6.42 Å². The lowest BCUT2D eigenvalue weighted by Gasteiger charge is -2.30. The van der Waals surface area contributed by atoms with Crippen molar-refractivity contribution in [2.75, 3.05) is 13.1 Å². The van der Waals surface area contributed by atoms with E-state index in [1.165, 1.54) is 0 Å². The zero-order chi connectivity index (χ0) is 12.5. The molecule has 0 radical (unpaired) electrons. The number of hydrogen-bond acceptors (Lipinski definition) is 6. The fourth-order valence-corrected chi connectivity index (χ4v) is 2.65. The highest BCUT2D eigenvalue weighted by atomic mass is 32.1. The number of thiazole rings is 1. The van der Waals surface area contributed by atoms with Gasteiger partial charge in [-0.1, -0.05) is 12.1 Å². The van der Waals surface area contributed by atoms with Crippen molar-refractivity contribution >= 4 is 11.3 Å². The summed E-state index contributed by atoms with van der Waals surface area (Å²) in [5.74, 6) is 2.45. The molecule has 1 unspecified atom stereocenters. The lowest BCUT2D eigenvalue weighted by molar-refractivity contribution is 0.252. The van der Waals surface area contributed by atoms with Gasteiger partial charge in [0, 0.05) is 11.3 Å². The van der Waals surface area contributed by atoms with Crippen LogP contribution in [0.15, 0.2) is 9.90 Å². The molecule has 0 aliphatic carbocycles. The molecule has 5 nitrogen and oxygen atoms in total. The molecule has 1 aliphatic rings. The monoisotopic (exact) mass is 264 g/mol. The zero-order valence-electron chi connectivity index (χ0n) is 10.5. The summed E-state index contributed by atoms with van der Waals surface area (Å²) >= 11 is 1.65. The van der Waals surface area contributed by atoms with E-state index in [0.29, 0.717) is 18.3 Å². The predicted molar refractivity (Wildman–Crippen MR) is 68.7 cm³/mol. The Labute approximate surface area is 110 Å². The maximum atomic E-state index is 5.35. The minimum atomic E-state index is 0.338. The Kier molecular flexibility index (Phi) is 3.13. The Morgan fingerprint density at radius 1 is 1.50 bits per heavy atom. The Bertz CT molecular complexity index is 532. The highest BCUT2D eigenvalue weighted by Crippen LogP contribution is 2.25. The maximum Gasteiger partial charge on any atom is 0.229 e. The lowest BCUT2D eigenvalue weighted by atomic mass is 9.89. The van der Waals surface area contributed by atoms with Crippen molar-refractivity contribution in [1.82, 2.24) is 20.4 Å². The molecule has 3 rings (SSSR count). The lowest BCUT2D eigenvalue weighted by Crippen LogP contribution is -2.44. The van der Waals surface area contributed by atoms with E-state index in [0.717, 1.165) is 35.5 Å². The van der Waals surface area contributed by atoms with E-state index in [-0.39, 0.29) is 0 Å². The molecule has 0 aromatic carbocycles. The summed E-state index contributed by atoms with van der Waals surface area (Å²) in [6.07, 6.45) is 0.656. The van der Waals surface area contributed by atoms with Crippen LogP contribution in [0.5, 0.6) is 0 Å². The fourth-order valence-electron chi connectivity index (χ4n) is 2.04. The van der Waals surface area contributed by atoms with E-state index in [2.05, 4.69) is 27.4 Å². The smallest absolute Gasteiger partial charge is 0.229 e. The van der Waals surface area contributed by atoms with Crippen molar-refractivity contribution in [3.63, 3.8) is 0 Å². The summed E-state index contributed by atoms with van der Waals surface area (Å²) in [4.78, 5) is 8.89. The summed E-state index contributed by atoms with van der Waals surface area (Å²) in [7, 11) is 0. The standard InChI is InChI=1S/C12H16N4OS/c1-7(9-4-13-5-9)12-15-11(16-17-12)3-10-6-18-8(2)14-10/h6-7,9,13H,3-5H2,1-2H3. The molecule has 1 saturated heterocycles. The number of rotatable bonds is 4. The number of nitrogens with one attached hydrogen (secondary N) is 1. The first-order valence-electron chi connectivity index (χ1n) is 6.16. The summed E-state index contributed by atoms with van der Waals surface area (Å²) in [6, 6.07) is 0. The average molecular weight is 264 g/mol. The quantitative estimate of drug-likeness (QED) is 0.911. The van der Waals surface area contributed by atoms with Gasteiger partial charge >= 0.3 is 0 Å². The first-order valence-corrected chi connectivity index (χ1v) is 7.04. The Balaban J connectivity index is 1.69. The van der Waals surface area contributed by atoms with Crippen molar-refractivity contribution in [3.05, 3.63) is 27.8 Å². The summed E-state index contributed by atoms with van der Waals surface area (Å²) in [5.41, 5.74) is 1.02. The minimum Gasteiger partial charge on any atom is -0.339 e. The van der Waals surface area contributed by atoms with E-state index in [4.69, 9.17) is 4.52 Å². The second-order valence-electron chi connectivity index (χ2n) is 4.79. The van der Waals surface area contributed by atoms with Crippen LogP contribution < -0.4 is 5.32 Å². The van der Waals surface area contributed by atoms with Crippen LogP contribution in [0.1, 0.15) is 35.3 Å². The van der Waals surface area contributed by atoms with Gasteiger partial charge in [0.05, 0.1) is 17.1 Å². The van der Waals surface area contributed by atoms with Crippen LogP contribution in [0.4, 0.5) is 0 Å². The van der Waals surface area contributed by atoms with Crippen LogP contribution >= 0.6 is 11.3 Å². The SMILES string of the molecule is Cc1nc(Cc2noc(C(C)C3CNC3)n2)cs1. The predicted octanol–water partition coefficient (Wildman–Crippen LogP) is 1.75. The van der Waals surface area contributed by atoms with Crippen molar-refractivity contribution in [2.24, 2.45) is 5.92 Å². The van der Waals surface area contributed by atoms with Gasteiger partial charge in [0.25, 0.3) is 0 Å². The highest BCUT2D eigenvalue weighted by molar-refractivity contribution is 7.09. The molecule has 0 spiro atoms. The van der Waals surface area contributed by atoms with Crippen molar-refractivity contribution in [2.45, 2.75) is 26.2 Å². The molecule has 1 atom stereocenters. The van der Waals surface area contributed by atoms with Gasteiger partial charge in [-0.05, 0) is 25.9 Å². The van der Waals surface area contributed by atoms with Gasteiger partial charge in [0.15, 0.2) is 5.82 Å². The van der Waals surface area contributed by atoms with Crippen LogP contribution in [0.25, 0.3) is 0 Å². The topological polar surface area (TPSA) is 63.8 Å². The van der Waals surface area contributed by atoms with E-state index >= 15 is 0 Å². The zero-order valence-corrected chi connectivity index (χ0v) is 11.3. The molecule has 1 N–H and O–H groups in total. The minimum absolute atomic E-state index is 0.338. The van der Waals surface area contributed by atoms with Gasteiger partial charge in [0.1, 0.15) is 0 Å². The van der Waals surface area contributed by atoms with E-state index in [1.54, 1.807) is 11.3 Å². The molecule has 0 bridgehead atoms. The van der Waals surface area contributed by atoms with Gasteiger partial charge in [-0.3, -0.25) is 0 Å². The molecule has 6 heteroatoms. The Morgan fingerprint density at radius 3 is 2.94 bits per heavy atom. The molecule has 96 valence electrons. The number of nitrogens with zero attached hydrogens (tertiary/aromatic N) is 3. The van der Waals surface area contributed by atoms with E-state index in [9.17, 15) is 0 Å². The number of hydrogen-bond donors (Lipinski definition) is 1. The summed E-state index contributed by atoms with van der Waals surface area (Å²) in [5, 5.41) is 10.4. The molecule has 18 heavy (non-hydrogen) atoms. The van der Waals surface area contributed by atoms with Gasteiger partial charge in [0.2, 0.25) is 5.89 Å². The summed E-state index contributed by atoms with van der Waals surface area (Å²) in [6.45, 7) is 6.24. The van der Waals surface area contributed by atoms with Crippen LogP contribution in [0.2, 0.25) is 0 Å². The summed E-state index contributed by atoms with van der Waals surface area (Å²) < 4.78 is 5.35. The van der Waals surface area contributed by atoms with Gasteiger partial charge < -0.3 is 9.84 Å². The fraction of sp³-hybridized carbons (Fsp3) is 0.583. The van der Waals surface area contributed by atoms with Crippen LogP contribution in [0.3, 0.4) is 0 Å². The molecule has 2 aromatic heterocycles. The van der Waals surface area contributed by atoms with Gasteiger partial charge in [-0.15, -0.1) is 11.3 Å². The van der Waals surface area contributed by atoms with Crippen molar-refractivity contribution < 1.29 is 4.52 Å². The largest absolute Gasteiger partial charge is 0.339 e. The maximum absolute atomic E-state index is 5.35. The van der Waals surface area contributed by atoms with Crippen LogP contribution in [-0.4, -0.2) is 28.2 Å². The molecule has 0 amide bonds. The molecular weight excluding hydrogens is 248 g/mol. The van der Waals surface area contributed by atoms with E-state index < -0.39 is 0 Å². The van der Waals surface area contributed by atoms with Crippen molar-refractivity contribution in [3.8, 4) is 0 Å².